The Morgan fingerprint density at radius 2 is 1.03 bits per heavy atom. The molecule has 0 bridgehead atoms. The van der Waals surface area contributed by atoms with E-state index >= 15 is 0 Å². The number of rotatable bonds is 5. The third kappa shape index (κ3) is 5.14. The van der Waals surface area contributed by atoms with Crippen molar-refractivity contribution in [3.05, 3.63) is 193 Å². The molecule has 11 aromatic rings. The lowest BCUT2D eigenvalue weighted by molar-refractivity contribution is 0.661. The normalized spacial score (nSPS) is 13.1. The van der Waals surface area contributed by atoms with E-state index in [1.807, 2.05) is 48.5 Å². The molecule has 0 unspecified atom stereocenters. The molecule has 0 fully saturated rings. The predicted octanol–water partition coefficient (Wildman–Crippen LogP) is 13.8. The Morgan fingerprint density at radius 1 is 0.390 bits per heavy atom. The van der Waals surface area contributed by atoms with E-state index in [0.29, 0.717) is 17.5 Å². The van der Waals surface area contributed by atoms with E-state index in [0.717, 1.165) is 61.0 Å². The van der Waals surface area contributed by atoms with Crippen molar-refractivity contribution in [3.63, 3.8) is 0 Å². The van der Waals surface area contributed by atoms with E-state index in [1.165, 1.54) is 38.5 Å². The van der Waals surface area contributed by atoms with Crippen molar-refractivity contribution in [1.82, 2.24) is 19.5 Å². The molecule has 1 aliphatic carbocycles. The Bertz CT molecular complexity index is 3410. The van der Waals surface area contributed by atoms with E-state index in [9.17, 15) is 0 Å². The van der Waals surface area contributed by atoms with E-state index in [4.69, 9.17) is 19.4 Å². The van der Waals surface area contributed by atoms with E-state index < -0.39 is 0 Å². The molecule has 5 nitrogen and oxygen atoms in total. The van der Waals surface area contributed by atoms with E-state index in [-0.39, 0.29) is 5.41 Å². The van der Waals surface area contributed by atoms with Gasteiger partial charge in [-0.25, -0.2) is 15.0 Å². The van der Waals surface area contributed by atoms with Gasteiger partial charge >= 0.3 is 0 Å². The van der Waals surface area contributed by atoms with Crippen molar-refractivity contribution in [2.75, 3.05) is 0 Å². The van der Waals surface area contributed by atoms with E-state index in [1.54, 1.807) is 0 Å². The highest BCUT2D eigenvalue weighted by molar-refractivity contribution is 6.12. The summed E-state index contributed by atoms with van der Waals surface area (Å²) in [5.41, 5.74) is 15.2. The van der Waals surface area contributed by atoms with Gasteiger partial charge in [-0.15, -0.1) is 0 Å². The fourth-order valence-electron chi connectivity index (χ4n) is 9.37. The summed E-state index contributed by atoms with van der Waals surface area (Å²) in [6.07, 6.45) is 0. The van der Waals surface area contributed by atoms with Gasteiger partial charge in [0, 0.05) is 49.3 Å². The Labute approximate surface area is 340 Å². The average Bonchev–Trinajstić information content (AvgIpc) is 3.91. The molecule has 0 saturated carbocycles. The maximum absolute atomic E-state index is 6.31. The number of hydrogen-bond acceptors (Lipinski definition) is 4. The van der Waals surface area contributed by atoms with Crippen molar-refractivity contribution in [1.29, 1.82) is 0 Å². The largest absolute Gasteiger partial charge is 0.456 e. The van der Waals surface area contributed by atoms with Crippen LogP contribution >= 0.6 is 0 Å². The number of hydrogen-bond donors (Lipinski definition) is 0. The summed E-state index contributed by atoms with van der Waals surface area (Å²) in [6, 6.07) is 64.3. The smallest absolute Gasteiger partial charge is 0.164 e. The first-order chi connectivity index (χ1) is 29.0. The summed E-state index contributed by atoms with van der Waals surface area (Å²) < 4.78 is 8.74. The van der Waals surface area contributed by atoms with Gasteiger partial charge in [0.25, 0.3) is 0 Å². The van der Waals surface area contributed by atoms with Gasteiger partial charge in [0.15, 0.2) is 17.5 Å². The van der Waals surface area contributed by atoms with Gasteiger partial charge in [-0.1, -0.05) is 141 Å². The van der Waals surface area contributed by atoms with Crippen LogP contribution in [0.2, 0.25) is 0 Å². The first-order valence-electron chi connectivity index (χ1n) is 20.1. The average molecular weight is 757 g/mol. The Hall–Kier alpha value is -7.63. The molecule has 0 radical (unpaired) electrons. The van der Waals surface area contributed by atoms with Crippen molar-refractivity contribution in [2.24, 2.45) is 0 Å². The second kappa shape index (κ2) is 12.7. The number of benzene rings is 8. The quantitative estimate of drug-likeness (QED) is 0.175. The SMILES string of the molecule is CC1(C)c2ccccc2-c2cc3c4ccccc4n(-c4ccc(-c5nc(-c6ccccc6)nc(-c6ccccc6)n5)c(-c5ccc6oc7ccccc7c6c5)c4)c3cc21. The van der Waals surface area contributed by atoms with Crippen molar-refractivity contribution in [3.8, 4) is 62.1 Å². The van der Waals surface area contributed by atoms with Crippen LogP contribution in [0.4, 0.5) is 0 Å². The van der Waals surface area contributed by atoms with Crippen molar-refractivity contribution < 1.29 is 4.42 Å². The van der Waals surface area contributed by atoms with Crippen LogP contribution in [0, 0.1) is 0 Å². The standard InChI is InChI=1S/C54H36N4O/c1-54(2)45-22-12-9-19-37(45)42-31-43-38-20-10-13-23-47(38)58(48(43)32-46(42)54)36-26-27-40(41(30-36)35-25-28-50-44(29-35)39-21-11-14-24-49(39)59-50)53-56-51(33-15-5-3-6-16-33)55-52(57-53)34-17-7-4-8-18-34/h3-32H,1-2H3. The lowest BCUT2D eigenvalue weighted by atomic mass is 9.82. The first-order valence-corrected chi connectivity index (χ1v) is 20.1. The fraction of sp³-hybridized carbons (Fsp3) is 0.0556. The molecule has 0 N–H and O–H groups in total. The molecule has 0 amide bonds. The zero-order valence-corrected chi connectivity index (χ0v) is 32.5. The van der Waals surface area contributed by atoms with Gasteiger partial charge in [0.2, 0.25) is 0 Å². The monoisotopic (exact) mass is 756 g/mol. The summed E-state index contributed by atoms with van der Waals surface area (Å²) >= 11 is 0. The van der Waals surface area contributed by atoms with Crippen LogP contribution in [0.25, 0.3) is 106 Å². The molecule has 278 valence electrons. The summed E-state index contributed by atoms with van der Waals surface area (Å²) in [5.74, 6) is 1.86. The van der Waals surface area contributed by atoms with Crippen molar-refractivity contribution >= 4 is 43.7 Å². The maximum atomic E-state index is 6.31. The third-order valence-electron chi connectivity index (χ3n) is 12.3. The highest BCUT2D eigenvalue weighted by atomic mass is 16.3. The molecule has 0 atom stereocenters. The molecule has 5 heteroatoms. The number of fused-ring (bicyclic) bond motifs is 9. The molecule has 0 saturated heterocycles. The maximum Gasteiger partial charge on any atom is 0.164 e. The van der Waals surface area contributed by atoms with Crippen LogP contribution in [0.3, 0.4) is 0 Å². The molecule has 3 heterocycles. The van der Waals surface area contributed by atoms with Gasteiger partial charge in [-0.2, -0.15) is 0 Å². The van der Waals surface area contributed by atoms with E-state index in [2.05, 4.69) is 152 Å². The van der Waals surface area contributed by atoms with Gasteiger partial charge < -0.3 is 8.98 Å². The second-order valence-corrected chi connectivity index (χ2v) is 16.0. The minimum absolute atomic E-state index is 0.134. The van der Waals surface area contributed by atoms with Crippen LogP contribution in [-0.4, -0.2) is 19.5 Å². The number of para-hydroxylation sites is 2. The molecule has 8 aromatic carbocycles. The van der Waals surface area contributed by atoms with Gasteiger partial charge in [0.05, 0.1) is 11.0 Å². The molecular weight excluding hydrogens is 721 g/mol. The zero-order valence-electron chi connectivity index (χ0n) is 32.5. The summed E-state index contributed by atoms with van der Waals surface area (Å²) in [6.45, 7) is 4.70. The van der Waals surface area contributed by atoms with Gasteiger partial charge in [0.1, 0.15) is 11.2 Å². The minimum Gasteiger partial charge on any atom is -0.456 e. The molecule has 3 aromatic heterocycles. The molecule has 0 spiro atoms. The zero-order chi connectivity index (χ0) is 39.2. The van der Waals surface area contributed by atoms with Crippen LogP contribution in [-0.2, 0) is 5.41 Å². The van der Waals surface area contributed by atoms with Crippen LogP contribution < -0.4 is 0 Å². The molecule has 0 aliphatic heterocycles. The summed E-state index contributed by atoms with van der Waals surface area (Å²) in [5, 5.41) is 4.61. The second-order valence-electron chi connectivity index (χ2n) is 16.0. The summed E-state index contributed by atoms with van der Waals surface area (Å²) in [4.78, 5) is 15.4. The van der Waals surface area contributed by atoms with Crippen LogP contribution in [0.1, 0.15) is 25.0 Å². The fourth-order valence-corrected chi connectivity index (χ4v) is 9.37. The number of furan rings is 1. The molecule has 1 aliphatic rings. The highest BCUT2D eigenvalue weighted by Gasteiger charge is 2.36. The topological polar surface area (TPSA) is 56.7 Å². The van der Waals surface area contributed by atoms with Gasteiger partial charge in [-0.3, -0.25) is 0 Å². The Kier molecular flexibility index (Phi) is 7.20. The predicted molar refractivity (Wildman–Crippen MR) is 241 cm³/mol. The van der Waals surface area contributed by atoms with Crippen LogP contribution in [0.5, 0.6) is 0 Å². The number of aromatic nitrogens is 4. The minimum atomic E-state index is -0.134. The highest BCUT2D eigenvalue weighted by Crippen LogP contribution is 2.51. The Morgan fingerprint density at radius 3 is 1.81 bits per heavy atom. The molecular formula is C54H36N4O. The first kappa shape index (κ1) is 33.5. The van der Waals surface area contributed by atoms with Crippen LogP contribution in [0.15, 0.2) is 186 Å². The Balaban J connectivity index is 1.14. The lowest BCUT2D eigenvalue weighted by Crippen LogP contribution is -2.15. The molecule has 59 heavy (non-hydrogen) atoms. The number of nitrogens with zero attached hydrogens (tertiary/aromatic N) is 4. The molecule has 12 rings (SSSR count). The van der Waals surface area contributed by atoms with Gasteiger partial charge in [-0.05, 0) is 88.0 Å². The third-order valence-corrected chi connectivity index (χ3v) is 12.3. The lowest BCUT2D eigenvalue weighted by Gasteiger charge is -2.22. The van der Waals surface area contributed by atoms with Crippen molar-refractivity contribution in [2.45, 2.75) is 19.3 Å². The summed E-state index contributed by atoms with van der Waals surface area (Å²) in [7, 11) is 0.